The van der Waals surface area contributed by atoms with E-state index in [1.54, 1.807) is 6.08 Å². The molecule has 0 aliphatic carbocycles. The summed E-state index contributed by atoms with van der Waals surface area (Å²) in [5.41, 5.74) is 0. The topological polar surface area (TPSA) is 175 Å². The van der Waals surface area contributed by atoms with Crippen molar-refractivity contribution < 1.29 is 49.3 Å². The zero-order valence-corrected chi connectivity index (χ0v) is 61.8. The van der Waals surface area contributed by atoms with Gasteiger partial charge in [-0.3, -0.25) is 9.59 Å². The van der Waals surface area contributed by atoms with E-state index in [1.165, 1.54) is 360 Å². The molecule has 6 N–H and O–H groups in total. The van der Waals surface area contributed by atoms with E-state index in [0.717, 1.165) is 51.4 Å². The predicted molar refractivity (Wildman–Crippen MR) is 394 cm³/mol. The molecule has 7 unspecified atom stereocenters. The highest BCUT2D eigenvalue weighted by Gasteiger charge is 2.44. The molecule has 1 heterocycles. The van der Waals surface area contributed by atoms with Crippen molar-refractivity contribution in [3.05, 3.63) is 12.2 Å². The van der Waals surface area contributed by atoms with Gasteiger partial charge >= 0.3 is 5.97 Å². The van der Waals surface area contributed by atoms with E-state index < -0.39 is 49.5 Å². The number of amides is 1. The third kappa shape index (κ3) is 60.1. The van der Waals surface area contributed by atoms with Gasteiger partial charge in [0.1, 0.15) is 24.4 Å². The van der Waals surface area contributed by atoms with Gasteiger partial charge < -0.3 is 45.1 Å². The SMILES string of the molecule is CCCCCCCCCCCC/C=C/C(O)C(COC1OC(CO)C(O)C(O)C1O)NC(=O)CCCCCCCCCCCCCCCCCCCCCCCCCCCCCCCCCCCCCCCCCOC(=O)CCCCCCCCCCCCCCCC. The van der Waals surface area contributed by atoms with Crippen LogP contribution in [0.5, 0.6) is 0 Å². The van der Waals surface area contributed by atoms with Crippen molar-refractivity contribution in [3.63, 3.8) is 0 Å². The van der Waals surface area contributed by atoms with Gasteiger partial charge in [-0.25, -0.2) is 0 Å². The Kier molecular flexibility index (Phi) is 68.9. The smallest absolute Gasteiger partial charge is 0.305 e. The first-order valence-electron chi connectivity index (χ1n) is 41.5. The Morgan fingerprint density at radius 1 is 0.387 bits per heavy atom. The Morgan fingerprint density at radius 3 is 1.00 bits per heavy atom. The van der Waals surface area contributed by atoms with Crippen molar-refractivity contribution in [2.45, 2.75) is 480 Å². The van der Waals surface area contributed by atoms with Gasteiger partial charge in [0.2, 0.25) is 5.91 Å². The van der Waals surface area contributed by atoms with Gasteiger partial charge in [0.15, 0.2) is 6.29 Å². The molecule has 11 nitrogen and oxygen atoms in total. The molecule has 0 spiro atoms. The molecule has 0 aromatic carbocycles. The van der Waals surface area contributed by atoms with E-state index in [4.69, 9.17) is 14.2 Å². The van der Waals surface area contributed by atoms with Crippen molar-refractivity contribution in [2.75, 3.05) is 19.8 Å². The molecule has 1 amide bonds. The average Bonchev–Trinajstić information content (AvgIpc) is 2.25. The molecule has 0 saturated carbocycles. The summed E-state index contributed by atoms with van der Waals surface area (Å²) in [6.07, 6.45) is 81.2. The number of allylic oxidation sites excluding steroid dienone is 1. The van der Waals surface area contributed by atoms with Gasteiger partial charge in [-0.15, -0.1) is 0 Å². The number of unbranched alkanes of at least 4 members (excludes halogenated alkanes) is 61. The van der Waals surface area contributed by atoms with E-state index in [1.807, 2.05) is 6.08 Å². The molecule has 11 heteroatoms. The molecule has 552 valence electrons. The summed E-state index contributed by atoms with van der Waals surface area (Å²) >= 11 is 0. The minimum atomic E-state index is -1.57. The maximum atomic E-state index is 13.1. The summed E-state index contributed by atoms with van der Waals surface area (Å²) in [6.45, 7) is 4.41. The molecule has 1 fully saturated rings. The Balaban J connectivity index is 1.85. The van der Waals surface area contributed by atoms with Gasteiger partial charge in [0.05, 0.1) is 32.0 Å². The Hall–Kier alpha value is -1.60. The molecule has 1 saturated heterocycles. The first kappa shape index (κ1) is 89.4. The van der Waals surface area contributed by atoms with E-state index in [0.29, 0.717) is 19.4 Å². The quantitative estimate of drug-likeness (QED) is 0.0195. The highest BCUT2D eigenvalue weighted by molar-refractivity contribution is 5.76. The Bertz CT molecular complexity index is 1550. The lowest BCUT2D eigenvalue weighted by atomic mass is 9.99. The number of hydrogen-bond acceptors (Lipinski definition) is 10. The van der Waals surface area contributed by atoms with Gasteiger partial charge in [-0.05, 0) is 32.1 Å². The number of esters is 1. The number of nitrogens with one attached hydrogen (secondary N) is 1. The number of ether oxygens (including phenoxy) is 3. The third-order valence-electron chi connectivity index (χ3n) is 20.2. The Labute approximate surface area is 576 Å². The monoisotopic (exact) mass is 1320 g/mol. The van der Waals surface area contributed by atoms with Gasteiger partial charge in [0, 0.05) is 12.8 Å². The van der Waals surface area contributed by atoms with Crippen molar-refractivity contribution in [3.8, 4) is 0 Å². The van der Waals surface area contributed by atoms with Crippen LogP contribution in [-0.2, 0) is 23.8 Å². The van der Waals surface area contributed by atoms with E-state index >= 15 is 0 Å². The summed E-state index contributed by atoms with van der Waals surface area (Å²) in [5, 5.41) is 54.5. The average molecular weight is 1320 g/mol. The number of rotatable bonds is 75. The summed E-state index contributed by atoms with van der Waals surface area (Å²) in [6, 6.07) is -0.804. The van der Waals surface area contributed by atoms with E-state index in [2.05, 4.69) is 19.2 Å². The molecule has 0 radical (unpaired) electrons. The summed E-state index contributed by atoms with van der Waals surface area (Å²) in [4.78, 5) is 25.2. The predicted octanol–water partition coefficient (Wildman–Crippen LogP) is 22.5. The van der Waals surface area contributed by atoms with Crippen molar-refractivity contribution in [1.82, 2.24) is 5.32 Å². The third-order valence-corrected chi connectivity index (χ3v) is 20.2. The number of hydrogen-bond donors (Lipinski definition) is 6. The fourth-order valence-electron chi connectivity index (χ4n) is 13.7. The number of aliphatic hydroxyl groups excluding tert-OH is 5. The summed E-state index contributed by atoms with van der Waals surface area (Å²) in [5.74, 6) is -0.151. The number of carbonyl (C=O) groups excluding carboxylic acids is 2. The highest BCUT2D eigenvalue weighted by Crippen LogP contribution is 2.24. The van der Waals surface area contributed by atoms with Crippen LogP contribution in [0, 0.1) is 0 Å². The normalized spacial score (nSPS) is 17.4. The second-order valence-corrected chi connectivity index (χ2v) is 29.2. The maximum Gasteiger partial charge on any atom is 0.305 e. The lowest BCUT2D eigenvalue weighted by Crippen LogP contribution is -2.60. The van der Waals surface area contributed by atoms with Crippen LogP contribution in [-0.4, -0.2) is 100 Å². The zero-order valence-electron chi connectivity index (χ0n) is 61.8. The number of carbonyl (C=O) groups is 2. The fourth-order valence-corrected chi connectivity index (χ4v) is 13.7. The largest absolute Gasteiger partial charge is 0.466 e. The molecule has 1 aliphatic rings. The van der Waals surface area contributed by atoms with E-state index in [-0.39, 0.29) is 18.5 Å². The molecule has 0 aromatic heterocycles. The van der Waals surface area contributed by atoms with Crippen LogP contribution >= 0.6 is 0 Å². The van der Waals surface area contributed by atoms with Crippen LogP contribution in [0.3, 0.4) is 0 Å². The highest BCUT2D eigenvalue weighted by atomic mass is 16.7. The lowest BCUT2D eigenvalue weighted by Gasteiger charge is -2.40. The molecular formula is C82H159NO10. The van der Waals surface area contributed by atoms with Crippen LogP contribution < -0.4 is 5.32 Å². The first-order valence-corrected chi connectivity index (χ1v) is 41.5. The Morgan fingerprint density at radius 2 is 0.677 bits per heavy atom. The molecular weight excluding hydrogens is 1160 g/mol. The van der Waals surface area contributed by atoms with Gasteiger partial charge in [0.25, 0.3) is 0 Å². The van der Waals surface area contributed by atoms with Crippen molar-refractivity contribution in [2.24, 2.45) is 0 Å². The fraction of sp³-hybridized carbons (Fsp3) is 0.951. The van der Waals surface area contributed by atoms with Crippen molar-refractivity contribution in [1.29, 1.82) is 0 Å². The second kappa shape index (κ2) is 71.7. The van der Waals surface area contributed by atoms with Crippen LogP contribution in [0.4, 0.5) is 0 Å². The van der Waals surface area contributed by atoms with Gasteiger partial charge in [-0.2, -0.15) is 0 Å². The minimum absolute atomic E-state index is 0.0218. The van der Waals surface area contributed by atoms with Gasteiger partial charge in [-0.1, -0.05) is 405 Å². The van der Waals surface area contributed by atoms with Crippen molar-refractivity contribution >= 4 is 11.9 Å². The molecule has 1 aliphatic heterocycles. The molecule has 7 atom stereocenters. The minimum Gasteiger partial charge on any atom is -0.466 e. The lowest BCUT2D eigenvalue weighted by molar-refractivity contribution is -0.302. The van der Waals surface area contributed by atoms with Crippen LogP contribution in [0.15, 0.2) is 12.2 Å². The van der Waals surface area contributed by atoms with Crippen LogP contribution in [0.2, 0.25) is 0 Å². The maximum absolute atomic E-state index is 13.1. The molecule has 0 bridgehead atoms. The molecule has 1 rings (SSSR count). The molecule has 93 heavy (non-hydrogen) atoms. The first-order chi connectivity index (χ1) is 45.7. The van der Waals surface area contributed by atoms with E-state index in [9.17, 15) is 35.1 Å². The summed E-state index contributed by atoms with van der Waals surface area (Å²) in [7, 11) is 0. The summed E-state index contributed by atoms with van der Waals surface area (Å²) < 4.78 is 16.8. The van der Waals surface area contributed by atoms with Crippen LogP contribution in [0.25, 0.3) is 0 Å². The van der Waals surface area contributed by atoms with Crippen LogP contribution in [0.1, 0.15) is 438 Å². The zero-order chi connectivity index (χ0) is 67.2. The second-order valence-electron chi connectivity index (χ2n) is 29.2. The number of aliphatic hydroxyl groups is 5. The standard InChI is InChI=1S/C82H159NO10/c1-3-5-7-9-11-13-15-17-46-50-54-58-62-66-70-78(87)91-71-67-63-59-55-51-47-44-42-40-38-36-34-32-30-28-26-24-22-20-18-19-21-23-25-27-29-31-33-35-37-39-41-43-45-49-53-57-61-65-69-77(86)83-74(73-92-82-81(90)80(89)79(88)76(72-84)93-82)75(85)68-64-60-56-52-48-16-14-12-10-8-6-4-2/h64,68,74-76,79-82,84-85,88-90H,3-63,65-67,69-73H2,1-2H3,(H,83,86)/b68-64+. The molecule has 0 aromatic rings.